The van der Waals surface area contributed by atoms with Gasteiger partial charge in [-0.05, 0) is 6.42 Å². The van der Waals surface area contributed by atoms with Crippen LogP contribution < -0.4 is 0 Å². The molecule has 0 bridgehead atoms. The number of unbranched alkanes of at least 4 members (excludes halogenated alkanes) is 8. The van der Waals surface area contributed by atoms with E-state index in [4.69, 9.17) is 0 Å². The van der Waals surface area contributed by atoms with Crippen LogP contribution in [-0.4, -0.2) is 11.7 Å². The van der Waals surface area contributed by atoms with E-state index in [1.54, 1.807) is 0 Å². The summed E-state index contributed by atoms with van der Waals surface area (Å²) in [7, 11) is 0. The second-order valence-electron chi connectivity index (χ2n) is 3.74. The lowest BCUT2D eigenvalue weighted by molar-refractivity contribution is -0.757. The van der Waals surface area contributed by atoms with Gasteiger partial charge in [0.15, 0.2) is 0 Å². The number of rotatable bonds is 11. The quantitative estimate of drug-likeness (QED) is 0.301. The largest absolute Gasteiger partial charge is 0.314 e. The maximum atomic E-state index is 9.81. The van der Waals surface area contributed by atoms with Crippen LogP contribution in [-0.2, 0) is 4.84 Å². The average Bonchev–Trinajstić information content (AvgIpc) is 2.20. The smallest absolute Gasteiger partial charge is 0.294 e. The molecule has 0 atom stereocenters. The molecule has 0 unspecified atom stereocenters. The van der Waals surface area contributed by atoms with Crippen LogP contribution in [0.15, 0.2) is 0 Å². The summed E-state index contributed by atoms with van der Waals surface area (Å²) in [5, 5.41) is 9.09. The van der Waals surface area contributed by atoms with Crippen LogP contribution in [0, 0.1) is 17.0 Å². The highest BCUT2D eigenvalue weighted by Crippen LogP contribution is 2.09. The van der Waals surface area contributed by atoms with Crippen LogP contribution in [0.3, 0.4) is 0 Å². The maximum absolute atomic E-state index is 9.81. The minimum Gasteiger partial charge on any atom is -0.314 e. The van der Waals surface area contributed by atoms with Crippen molar-refractivity contribution in [3.8, 4) is 0 Å². The Bertz CT molecular complexity index is 151. The summed E-state index contributed by atoms with van der Waals surface area (Å²) >= 11 is 0. The topological polar surface area (TPSA) is 52.4 Å². The number of nitrogens with zero attached hydrogens (tertiary/aromatic N) is 1. The van der Waals surface area contributed by atoms with Crippen LogP contribution >= 0.6 is 0 Å². The molecule has 0 aliphatic rings. The third-order valence-electron chi connectivity index (χ3n) is 2.34. The van der Waals surface area contributed by atoms with Gasteiger partial charge in [-0.2, -0.15) is 0 Å². The molecule has 0 aromatic rings. The molecule has 0 aliphatic carbocycles. The van der Waals surface area contributed by atoms with Gasteiger partial charge < -0.3 is 4.84 Å². The molecule has 0 saturated heterocycles. The molecule has 0 fully saturated rings. The van der Waals surface area contributed by atoms with E-state index in [1.165, 1.54) is 32.1 Å². The molecule has 4 heteroatoms. The molecule has 0 heterocycles. The third kappa shape index (κ3) is 13.2. The Labute approximate surface area is 92.1 Å². The summed E-state index contributed by atoms with van der Waals surface area (Å²) < 4.78 is 0. The molecule has 89 valence electrons. The van der Waals surface area contributed by atoms with Crippen LogP contribution in [0.4, 0.5) is 0 Å². The maximum Gasteiger partial charge on any atom is 0.294 e. The van der Waals surface area contributed by atoms with Gasteiger partial charge in [0.1, 0.15) is 0 Å². The van der Waals surface area contributed by atoms with Crippen LogP contribution in [0.25, 0.3) is 0 Å². The lowest BCUT2D eigenvalue weighted by Gasteiger charge is -2.01. The first-order valence-corrected chi connectivity index (χ1v) is 5.84. The van der Waals surface area contributed by atoms with Crippen molar-refractivity contribution in [2.24, 2.45) is 0 Å². The molecule has 0 N–H and O–H groups in total. The lowest BCUT2D eigenvalue weighted by Crippen LogP contribution is -2.01. The molecule has 0 spiro atoms. The van der Waals surface area contributed by atoms with Gasteiger partial charge in [-0.25, -0.2) is 0 Å². The second-order valence-corrected chi connectivity index (χ2v) is 3.74. The minimum atomic E-state index is -0.723. The molecular formula is C11H22NO3. The fourth-order valence-corrected chi connectivity index (χ4v) is 1.48. The van der Waals surface area contributed by atoms with Crippen molar-refractivity contribution >= 4 is 0 Å². The summed E-state index contributed by atoms with van der Waals surface area (Å²) in [6, 6.07) is 0. The zero-order valence-electron chi connectivity index (χ0n) is 9.45. The number of hydrogen-bond donors (Lipinski definition) is 0. The molecule has 1 radical (unpaired) electrons. The molecule has 0 saturated carbocycles. The minimum absolute atomic E-state index is 0.245. The highest BCUT2D eigenvalue weighted by molar-refractivity contribution is 4.47. The van der Waals surface area contributed by atoms with E-state index in [0.717, 1.165) is 25.7 Å². The zero-order chi connectivity index (χ0) is 11.4. The van der Waals surface area contributed by atoms with E-state index in [2.05, 4.69) is 11.8 Å². The van der Waals surface area contributed by atoms with E-state index >= 15 is 0 Å². The van der Waals surface area contributed by atoms with Gasteiger partial charge in [-0.3, -0.25) is 0 Å². The van der Waals surface area contributed by atoms with E-state index in [1.807, 2.05) is 0 Å². The molecule has 0 rings (SSSR count). The first-order valence-electron chi connectivity index (χ1n) is 5.84. The first kappa shape index (κ1) is 14.2. The summed E-state index contributed by atoms with van der Waals surface area (Å²) in [6.07, 6.45) is 10.3. The van der Waals surface area contributed by atoms with Crippen molar-refractivity contribution < 1.29 is 9.92 Å². The van der Waals surface area contributed by atoms with E-state index in [0.29, 0.717) is 0 Å². The summed E-state index contributed by atoms with van der Waals surface area (Å²) in [5.41, 5.74) is 0. The average molecular weight is 216 g/mol. The van der Waals surface area contributed by atoms with Gasteiger partial charge in [0.2, 0.25) is 0 Å². The van der Waals surface area contributed by atoms with Crippen LogP contribution in [0.5, 0.6) is 0 Å². The highest BCUT2D eigenvalue weighted by Gasteiger charge is 1.95. The Balaban J connectivity index is 2.89. The first-order chi connectivity index (χ1) is 7.27. The summed E-state index contributed by atoms with van der Waals surface area (Å²) in [5.74, 6) is 0. The van der Waals surface area contributed by atoms with Crippen LogP contribution in [0.2, 0.25) is 0 Å². The lowest BCUT2D eigenvalue weighted by atomic mass is 10.1. The van der Waals surface area contributed by atoms with Crippen molar-refractivity contribution in [3.05, 3.63) is 17.0 Å². The van der Waals surface area contributed by atoms with Gasteiger partial charge >= 0.3 is 0 Å². The van der Waals surface area contributed by atoms with Crippen molar-refractivity contribution in [2.75, 3.05) is 6.61 Å². The molecule has 0 aromatic heterocycles. The SMILES string of the molecule is [CH2]CCCCCCCCCCO[N+](=O)[O-]. The monoisotopic (exact) mass is 216 g/mol. The predicted octanol–water partition coefficient (Wildman–Crippen LogP) is 3.54. The van der Waals surface area contributed by atoms with E-state index in [9.17, 15) is 10.1 Å². The van der Waals surface area contributed by atoms with E-state index < -0.39 is 5.09 Å². The van der Waals surface area contributed by atoms with Gasteiger partial charge in [-0.15, -0.1) is 10.1 Å². The Morgan fingerprint density at radius 3 is 1.87 bits per heavy atom. The predicted molar refractivity (Wildman–Crippen MR) is 59.9 cm³/mol. The fourth-order valence-electron chi connectivity index (χ4n) is 1.48. The normalized spacial score (nSPS) is 10.2. The van der Waals surface area contributed by atoms with Gasteiger partial charge in [0.25, 0.3) is 5.09 Å². The summed E-state index contributed by atoms with van der Waals surface area (Å²) in [4.78, 5) is 14.0. The third-order valence-corrected chi connectivity index (χ3v) is 2.34. The van der Waals surface area contributed by atoms with Gasteiger partial charge in [0, 0.05) is 0 Å². The molecule has 0 amide bonds. The molecule has 15 heavy (non-hydrogen) atoms. The summed E-state index contributed by atoms with van der Waals surface area (Å²) in [6.45, 7) is 4.04. The zero-order valence-corrected chi connectivity index (χ0v) is 9.45. The van der Waals surface area contributed by atoms with Crippen molar-refractivity contribution in [2.45, 2.75) is 57.8 Å². The van der Waals surface area contributed by atoms with E-state index in [-0.39, 0.29) is 6.61 Å². The molecule has 4 nitrogen and oxygen atoms in total. The Morgan fingerprint density at radius 1 is 0.933 bits per heavy atom. The number of hydrogen-bond acceptors (Lipinski definition) is 3. The van der Waals surface area contributed by atoms with Gasteiger partial charge in [0.05, 0.1) is 6.61 Å². The van der Waals surface area contributed by atoms with Crippen molar-refractivity contribution in [1.82, 2.24) is 0 Å². The van der Waals surface area contributed by atoms with Crippen molar-refractivity contribution in [1.29, 1.82) is 0 Å². The van der Waals surface area contributed by atoms with Gasteiger partial charge in [-0.1, -0.05) is 58.3 Å². The molecular weight excluding hydrogens is 194 g/mol. The Hall–Kier alpha value is -0.800. The van der Waals surface area contributed by atoms with Crippen LogP contribution in [0.1, 0.15) is 57.8 Å². The second kappa shape index (κ2) is 11.3. The van der Waals surface area contributed by atoms with Crippen molar-refractivity contribution in [3.63, 3.8) is 0 Å². The standard InChI is InChI=1S/C11H22NO3/c1-2-3-4-5-6-7-8-9-10-11-15-12(13)14/h1-11H2. The molecule has 0 aromatic carbocycles. The highest BCUT2D eigenvalue weighted by atomic mass is 16.9. The molecule has 0 aliphatic heterocycles. The Morgan fingerprint density at radius 2 is 1.40 bits per heavy atom. The fraction of sp³-hybridized carbons (Fsp3) is 0.909. The Kier molecular flexibility index (Phi) is 10.7.